The molecule has 1 aromatic heterocycles. The van der Waals surface area contributed by atoms with Crippen molar-refractivity contribution >= 4 is 68.1 Å². The number of imide groups is 1. The molecule has 1 N–H and O–H groups in total. The van der Waals surface area contributed by atoms with Crippen LogP contribution in [0.2, 0.25) is 5.02 Å². The fraction of sp³-hybridized carbons (Fsp3) is 0.120. The highest BCUT2D eigenvalue weighted by molar-refractivity contribution is 9.10. The zero-order valence-corrected chi connectivity index (χ0v) is 22.0. The number of carbonyl (C=O) groups is 3. The van der Waals surface area contributed by atoms with Crippen LogP contribution in [0.3, 0.4) is 0 Å². The first-order valence-corrected chi connectivity index (χ1v) is 12.5. The molecule has 0 unspecified atom stereocenters. The van der Waals surface area contributed by atoms with Gasteiger partial charge in [-0.3, -0.25) is 24.3 Å². The number of methoxy groups -OCH3 is 1. The molecule has 0 atom stereocenters. The first-order chi connectivity index (χ1) is 17.3. The lowest BCUT2D eigenvalue weighted by molar-refractivity contribution is -0.127. The third-order valence-corrected chi connectivity index (χ3v) is 7.15. The molecule has 1 fully saturated rings. The zero-order valence-electron chi connectivity index (χ0n) is 18.9. The molecule has 0 bridgehead atoms. The number of carbonyl (C=O) groups excluding carboxylic acids is 3. The van der Waals surface area contributed by atoms with E-state index in [2.05, 4.69) is 26.2 Å². The molecule has 3 amide bonds. The Morgan fingerprint density at radius 1 is 1.14 bits per heavy atom. The molecule has 2 heterocycles. The zero-order chi connectivity index (χ0) is 25.7. The van der Waals surface area contributed by atoms with E-state index in [1.807, 2.05) is 12.1 Å². The highest BCUT2D eigenvalue weighted by Gasteiger charge is 2.36. The molecular weight excluding hydrogens is 570 g/mol. The lowest BCUT2D eigenvalue weighted by Gasteiger charge is -2.13. The van der Waals surface area contributed by atoms with Crippen molar-refractivity contribution in [2.45, 2.75) is 6.61 Å². The summed E-state index contributed by atoms with van der Waals surface area (Å²) >= 11 is 10.1. The number of ether oxygens (including phenoxy) is 2. The second-order valence-electron chi connectivity index (χ2n) is 7.50. The van der Waals surface area contributed by atoms with Crippen LogP contribution in [0.25, 0.3) is 6.08 Å². The Morgan fingerprint density at radius 3 is 2.64 bits per heavy atom. The van der Waals surface area contributed by atoms with Gasteiger partial charge in [-0.05, 0) is 87.4 Å². The second-order valence-corrected chi connectivity index (χ2v) is 9.75. The average molecular weight is 589 g/mol. The van der Waals surface area contributed by atoms with Crippen LogP contribution in [0.4, 0.5) is 10.5 Å². The summed E-state index contributed by atoms with van der Waals surface area (Å²) in [6.07, 6.45) is 4.95. The normalized spacial score (nSPS) is 14.3. The Kier molecular flexibility index (Phi) is 8.29. The van der Waals surface area contributed by atoms with Gasteiger partial charge in [0.25, 0.3) is 11.1 Å². The topological polar surface area (TPSA) is 97.8 Å². The SMILES string of the molecule is COc1cc(/C=C2/SC(=O)N(CC(=O)Nc3ccc(Br)c(Cl)c3)C2=O)ccc1OCc1ccncc1. The van der Waals surface area contributed by atoms with Gasteiger partial charge in [-0.1, -0.05) is 17.7 Å². The first kappa shape index (κ1) is 25.7. The number of aromatic nitrogens is 1. The molecule has 3 aromatic rings. The number of hydrogen-bond acceptors (Lipinski definition) is 7. The molecule has 1 saturated heterocycles. The lowest BCUT2D eigenvalue weighted by Crippen LogP contribution is -2.36. The maximum atomic E-state index is 12.8. The van der Waals surface area contributed by atoms with Crippen molar-refractivity contribution in [3.63, 3.8) is 0 Å². The van der Waals surface area contributed by atoms with Gasteiger partial charge in [0.2, 0.25) is 5.91 Å². The minimum Gasteiger partial charge on any atom is -0.493 e. The molecule has 2 aromatic carbocycles. The van der Waals surface area contributed by atoms with E-state index >= 15 is 0 Å². The Balaban J connectivity index is 1.42. The van der Waals surface area contributed by atoms with Crippen LogP contribution in [-0.2, 0) is 16.2 Å². The van der Waals surface area contributed by atoms with E-state index in [0.717, 1.165) is 22.2 Å². The third kappa shape index (κ3) is 6.26. The van der Waals surface area contributed by atoms with E-state index in [-0.39, 0.29) is 4.91 Å². The number of anilines is 1. The molecule has 11 heteroatoms. The molecule has 0 radical (unpaired) electrons. The summed E-state index contributed by atoms with van der Waals surface area (Å²) in [4.78, 5) is 42.8. The molecule has 8 nitrogen and oxygen atoms in total. The van der Waals surface area contributed by atoms with Gasteiger partial charge in [0.05, 0.1) is 17.0 Å². The molecule has 184 valence electrons. The van der Waals surface area contributed by atoms with Gasteiger partial charge < -0.3 is 14.8 Å². The number of benzene rings is 2. The number of rotatable bonds is 8. The highest BCUT2D eigenvalue weighted by Crippen LogP contribution is 2.35. The van der Waals surface area contributed by atoms with Crippen molar-refractivity contribution in [3.8, 4) is 11.5 Å². The molecule has 1 aliphatic heterocycles. The van der Waals surface area contributed by atoms with Crippen molar-refractivity contribution in [2.24, 2.45) is 0 Å². The Morgan fingerprint density at radius 2 is 1.92 bits per heavy atom. The maximum Gasteiger partial charge on any atom is 0.294 e. The van der Waals surface area contributed by atoms with E-state index in [1.165, 1.54) is 7.11 Å². The van der Waals surface area contributed by atoms with Crippen LogP contribution in [0.1, 0.15) is 11.1 Å². The quantitative estimate of drug-likeness (QED) is 0.334. The molecule has 1 aliphatic rings. The average Bonchev–Trinajstić information content (AvgIpc) is 3.13. The minimum atomic E-state index is -0.550. The highest BCUT2D eigenvalue weighted by atomic mass is 79.9. The van der Waals surface area contributed by atoms with Crippen molar-refractivity contribution in [1.29, 1.82) is 0 Å². The number of pyridine rings is 1. The van der Waals surface area contributed by atoms with Crippen LogP contribution in [-0.4, -0.2) is 40.6 Å². The number of nitrogens with one attached hydrogen (secondary N) is 1. The number of hydrogen-bond donors (Lipinski definition) is 1. The molecular formula is C25H19BrClN3O5S. The Hall–Kier alpha value is -3.34. The van der Waals surface area contributed by atoms with Gasteiger partial charge in [0, 0.05) is 22.6 Å². The summed E-state index contributed by atoms with van der Waals surface area (Å²) < 4.78 is 12.0. The summed E-state index contributed by atoms with van der Waals surface area (Å²) in [5.74, 6) is -0.0610. The molecule has 0 spiro atoms. The van der Waals surface area contributed by atoms with Crippen molar-refractivity contribution in [2.75, 3.05) is 19.0 Å². The lowest BCUT2D eigenvalue weighted by atomic mass is 10.2. The second kappa shape index (κ2) is 11.6. The van der Waals surface area contributed by atoms with Gasteiger partial charge >= 0.3 is 0 Å². The standard InChI is InChI=1S/C25H19BrClN3O5S/c1-34-21-10-16(2-5-20(21)35-14-15-6-8-28-9-7-15)11-22-24(32)30(25(33)36-22)13-23(31)29-17-3-4-18(26)19(27)12-17/h2-12H,13-14H2,1H3,(H,29,31)/b22-11+. The predicted octanol–water partition coefficient (Wildman–Crippen LogP) is 5.76. The van der Waals surface area contributed by atoms with Gasteiger partial charge in [0.1, 0.15) is 13.2 Å². The van der Waals surface area contributed by atoms with Gasteiger partial charge in [-0.2, -0.15) is 0 Å². The van der Waals surface area contributed by atoms with Crippen LogP contribution >= 0.6 is 39.3 Å². The van der Waals surface area contributed by atoms with Crippen molar-refractivity contribution in [3.05, 3.63) is 86.5 Å². The van der Waals surface area contributed by atoms with Gasteiger partial charge in [-0.25, -0.2) is 0 Å². The number of amides is 3. The Bertz CT molecular complexity index is 1350. The van der Waals surface area contributed by atoms with Gasteiger partial charge in [0.15, 0.2) is 11.5 Å². The Labute approximate surface area is 224 Å². The summed E-state index contributed by atoms with van der Waals surface area (Å²) in [5, 5.41) is 2.53. The fourth-order valence-electron chi connectivity index (χ4n) is 3.24. The van der Waals surface area contributed by atoms with Crippen LogP contribution in [0.5, 0.6) is 11.5 Å². The monoisotopic (exact) mass is 587 g/mol. The van der Waals surface area contributed by atoms with E-state index in [9.17, 15) is 14.4 Å². The van der Waals surface area contributed by atoms with Crippen molar-refractivity contribution < 1.29 is 23.9 Å². The van der Waals surface area contributed by atoms with E-state index in [1.54, 1.807) is 54.9 Å². The number of thioether (sulfide) groups is 1. The molecule has 36 heavy (non-hydrogen) atoms. The predicted molar refractivity (Wildman–Crippen MR) is 142 cm³/mol. The number of nitrogens with zero attached hydrogens (tertiary/aromatic N) is 2. The van der Waals surface area contributed by atoms with Crippen molar-refractivity contribution in [1.82, 2.24) is 9.88 Å². The van der Waals surface area contributed by atoms with E-state index in [4.69, 9.17) is 21.1 Å². The fourth-order valence-corrected chi connectivity index (χ4v) is 4.50. The summed E-state index contributed by atoms with van der Waals surface area (Å²) in [5.41, 5.74) is 2.05. The smallest absolute Gasteiger partial charge is 0.294 e. The van der Waals surface area contributed by atoms with Crippen LogP contribution in [0.15, 0.2) is 70.3 Å². The van der Waals surface area contributed by atoms with E-state index in [0.29, 0.717) is 38.9 Å². The molecule has 4 rings (SSSR count). The third-order valence-electron chi connectivity index (χ3n) is 5.01. The largest absolute Gasteiger partial charge is 0.493 e. The summed E-state index contributed by atoms with van der Waals surface area (Å²) in [6, 6.07) is 13.8. The maximum absolute atomic E-state index is 12.8. The van der Waals surface area contributed by atoms with Crippen LogP contribution in [0, 0.1) is 0 Å². The van der Waals surface area contributed by atoms with E-state index < -0.39 is 23.6 Å². The van der Waals surface area contributed by atoms with Crippen LogP contribution < -0.4 is 14.8 Å². The minimum absolute atomic E-state index is 0.201. The summed E-state index contributed by atoms with van der Waals surface area (Å²) in [7, 11) is 1.52. The number of halogens is 2. The molecule has 0 saturated carbocycles. The first-order valence-electron chi connectivity index (χ1n) is 10.5. The summed E-state index contributed by atoms with van der Waals surface area (Å²) in [6.45, 7) is -0.0769. The molecule has 0 aliphatic carbocycles. The van der Waals surface area contributed by atoms with Gasteiger partial charge in [-0.15, -0.1) is 0 Å².